The summed E-state index contributed by atoms with van der Waals surface area (Å²) in [5.41, 5.74) is 1.20. The highest BCUT2D eigenvalue weighted by Crippen LogP contribution is 2.30. The molecule has 0 aliphatic heterocycles. The van der Waals surface area contributed by atoms with Crippen molar-refractivity contribution in [3.8, 4) is 0 Å². The topological polar surface area (TPSA) is 9.23 Å². The fourth-order valence-corrected chi connectivity index (χ4v) is 3.46. The van der Waals surface area contributed by atoms with Crippen LogP contribution in [0.4, 0.5) is 0 Å². The number of hydrogen-bond donors (Lipinski definition) is 0. The number of methoxy groups -OCH3 is 1. The molecule has 0 N–H and O–H groups in total. The van der Waals surface area contributed by atoms with Crippen molar-refractivity contribution in [1.82, 2.24) is 0 Å². The molecule has 1 aromatic carbocycles. The van der Waals surface area contributed by atoms with Gasteiger partial charge in [-0.15, -0.1) is 0 Å². The summed E-state index contributed by atoms with van der Waals surface area (Å²) in [5.74, 6) is 0. The third kappa shape index (κ3) is 3.19. The predicted octanol–water partition coefficient (Wildman–Crippen LogP) is 4.01. The standard InChI is InChI=1S/C11H13Br2ClO/c1-15-8-11(6-12,7-13)9-2-4-10(14)5-3-9/h2-5H,6-8H2,1H3. The molecule has 0 aromatic heterocycles. The van der Waals surface area contributed by atoms with Gasteiger partial charge in [-0.05, 0) is 17.7 Å². The zero-order chi connectivity index (χ0) is 11.3. The van der Waals surface area contributed by atoms with Crippen molar-refractivity contribution in [2.75, 3.05) is 24.4 Å². The molecule has 0 bridgehead atoms. The van der Waals surface area contributed by atoms with E-state index in [9.17, 15) is 0 Å². The van der Waals surface area contributed by atoms with E-state index in [0.29, 0.717) is 6.61 Å². The molecule has 0 amide bonds. The van der Waals surface area contributed by atoms with Crippen LogP contribution < -0.4 is 0 Å². The summed E-state index contributed by atoms with van der Waals surface area (Å²) in [4.78, 5) is 0. The second-order valence-electron chi connectivity index (χ2n) is 3.49. The summed E-state index contributed by atoms with van der Waals surface area (Å²) in [6, 6.07) is 7.91. The van der Waals surface area contributed by atoms with Gasteiger partial charge in [-0.1, -0.05) is 55.6 Å². The monoisotopic (exact) mass is 354 g/mol. The number of ether oxygens (including phenoxy) is 1. The number of benzene rings is 1. The molecule has 0 radical (unpaired) electrons. The van der Waals surface area contributed by atoms with E-state index in [4.69, 9.17) is 16.3 Å². The molecule has 84 valence electrons. The van der Waals surface area contributed by atoms with E-state index in [0.717, 1.165) is 15.7 Å². The van der Waals surface area contributed by atoms with Crippen molar-refractivity contribution in [3.05, 3.63) is 34.9 Å². The highest BCUT2D eigenvalue weighted by atomic mass is 79.9. The molecule has 1 aromatic rings. The van der Waals surface area contributed by atoms with Crippen molar-refractivity contribution in [2.45, 2.75) is 5.41 Å². The maximum atomic E-state index is 5.87. The molecule has 0 heterocycles. The van der Waals surface area contributed by atoms with Crippen LogP contribution in [0.25, 0.3) is 0 Å². The van der Waals surface area contributed by atoms with E-state index in [-0.39, 0.29) is 5.41 Å². The molecule has 0 aliphatic rings. The van der Waals surface area contributed by atoms with Gasteiger partial charge in [0.15, 0.2) is 0 Å². The van der Waals surface area contributed by atoms with Gasteiger partial charge >= 0.3 is 0 Å². The maximum Gasteiger partial charge on any atom is 0.0575 e. The Labute approximate surface area is 112 Å². The van der Waals surface area contributed by atoms with Gasteiger partial charge in [-0.25, -0.2) is 0 Å². The Hall–Kier alpha value is 0.430. The molecular weight excluding hydrogens is 343 g/mol. The van der Waals surface area contributed by atoms with Crippen LogP contribution in [0.1, 0.15) is 5.56 Å². The van der Waals surface area contributed by atoms with Crippen LogP contribution in [-0.2, 0) is 10.2 Å². The zero-order valence-corrected chi connectivity index (χ0v) is 12.4. The van der Waals surface area contributed by atoms with Gasteiger partial charge in [-0.2, -0.15) is 0 Å². The average Bonchev–Trinajstić information content (AvgIpc) is 2.27. The zero-order valence-electron chi connectivity index (χ0n) is 8.47. The molecule has 0 spiro atoms. The van der Waals surface area contributed by atoms with Crippen LogP contribution in [0, 0.1) is 0 Å². The fourth-order valence-electron chi connectivity index (χ4n) is 1.43. The van der Waals surface area contributed by atoms with Gasteiger partial charge in [0.05, 0.1) is 6.61 Å². The predicted molar refractivity (Wildman–Crippen MR) is 72.6 cm³/mol. The number of rotatable bonds is 5. The summed E-state index contributed by atoms with van der Waals surface area (Å²) in [6.07, 6.45) is 0. The van der Waals surface area contributed by atoms with Gasteiger partial charge in [-0.3, -0.25) is 0 Å². The number of alkyl halides is 2. The van der Waals surface area contributed by atoms with Gasteiger partial charge < -0.3 is 4.74 Å². The summed E-state index contributed by atoms with van der Waals surface area (Å²) in [6.45, 7) is 0.672. The SMILES string of the molecule is COCC(CBr)(CBr)c1ccc(Cl)cc1. The lowest BCUT2D eigenvalue weighted by atomic mass is 9.85. The van der Waals surface area contributed by atoms with Gasteiger partial charge in [0.2, 0.25) is 0 Å². The molecule has 1 rings (SSSR count). The Morgan fingerprint density at radius 3 is 2.13 bits per heavy atom. The van der Waals surface area contributed by atoms with Gasteiger partial charge in [0, 0.05) is 28.2 Å². The second kappa shape index (κ2) is 6.24. The van der Waals surface area contributed by atoms with Crippen LogP contribution in [0.2, 0.25) is 5.02 Å². The summed E-state index contributed by atoms with van der Waals surface area (Å²) in [5, 5.41) is 2.45. The van der Waals surface area contributed by atoms with E-state index in [2.05, 4.69) is 31.9 Å². The Kier molecular flexibility index (Phi) is 5.61. The van der Waals surface area contributed by atoms with Crippen LogP contribution in [-0.4, -0.2) is 24.4 Å². The molecule has 1 nitrogen and oxygen atoms in total. The van der Waals surface area contributed by atoms with Gasteiger partial charge in [0.25, 0.3) is 0 Å². The average molecular weight is 356 g/mol. The van der Waals surface area contributed by atoms with Crippen molar-refractivity contribution in [3.63, 3.8) is 0 Å². The molecule has 0 aliphatic carbocycles. The molecule has 0 unspecified atom stereocenters. The highest BCUT2D eigenvalue weighted by molar-refractivity contribution is 9.09. The van der Waals surface area contributed by atoms with Crippen LogP contribution >= 0.6 is 43.5 Å². The second-order valence-corrected chi connectivity index (χ2v) is 5.05. The highest BCUT2D eigenvalue weighted by Gasteiger charge is 2.30. The first-order chi connectivity index (χ1) is 7.18. The first-order valence-corrected chi connectivity index (χ1v) is 7.17. The van der Waals surface area contributed by atoms with Crippen LogP contribution in [0.3, 0.4) is 0 Å². The Morgan fingerprint density at radius 1 is 1.20 bits per heavy atom. The van der Waals surface area contributed by atoms with Crippen molar-refractivity contribution >= 4 is 43.5 Å². The summed E-state index contributed by atoms with van der Waals surface area (Å²) >= 11 is 13.0. The summed E-state index contributed by atoms with van der Waals surface area (Å²) < 4.78 is 5.28. The fraction of sp³-hybridized carbons (Fsp3) is 0.455. The smallest absolute Gasteiger partial charge is 0.0575 e. The Balaban J connectivity index is 3.02. The van der Waals surface area contributed by atoms with Crippen molar-refractivity contribution < 1.29 is 4.74 Å². The van der Waals surface area contributed by atoms with E-state index >= 15 is 0 Å². The minimum absolute atomic E-state index is 0.0284. The van der Waals surface area contributed by atoms with E-state index in [1.807, 2.05) is 24.3 Å². The molecule has 0 saturated heterocycles. The third-order valence-corrected chi connectivity index (χ3v) is 4.79. The quantitative estimate of drug-likeness (QED) is 0.724. The lowest BCUT2D eigenvalue weighted by molar-refractivity contribution is 0.152. The molecule has 0 atom stereocenters. The number of halogens is 3. The normalized spacial score (nSPS) is 11.7. The molecule has 0 saturated carbocycles. The van der Waals surface area contributed by atoms with E-state index in [1.54, 1.807) is 7.11 Å². The third-order valence-electron chi connectivity index (χ3n) is 2.39. The minimum atomic E-state index is -0.0284. The van der Waals surface area contributed by atoms with Gasteiger partial charge in [0.1, 0.15) is 0 Å². The van der Waals surface area contributed by atoms with E-state index < -0.39 is 0 Å². The molecular formula is C11H13Br2ClO. The Bertz CT molecular complexity index is 296. The molecule has 0 fully saturated rings. The van der Waals surface area contributed by atoms with Crippen molar-refractivity contribution in [1.29, 1.82) is 0 Å². The molecule has 4 heteroatoms. The Morgan fingerprint density at radius 2 is 1.73 bits per heavy atom. The van der Waals surface area contributed by atoms with Crippen LogP contribution in [0.5, 0.6) is 0 Å². The lowest BCUT2D eigenvalue weighted by Gasteiger charge is -2.29. The van der Waals surface area contributed by atoms with Crippen LogP contribution in [0.15, 0.2) is 24.3 Å². The van der Waals surface area contributed by atoms with E-state index in [1.165, 1.54) is 5.56 Å². The minimum Gasteiger partial charge on any atom is -0.384 e. The first-order valence-electron chi connectivity index (χ1n) is 4.55. The number of hydrogen-bond acceptors (Lipinski definition) is 1. The summed E-state index contributed by atoms with van der Waals surface area (Å²) in [7, 11) is 1.72. The first kappa shape index (κ1) is 13.5. The largest absolute Gasteiger partial charge is 0.384 e. The molecule has 15 heavy (non-hydrogen) atoms. The lowest BCUT2D eigenvalue weighted by Crippen LogP contribution is -2.35. The maximum absolute atomic E-state index is 5.87. The van der Waals surface area contributed by atoms with Crippen molar-refractivity contribution in [2.24, 2.45) is 0 Å².